The van der Waals surface area contributed by atoms with Crippen LogP contribution in [0, 0.1) is 0 Å². The van der Waals surface area contributed by atoms with Gasteiger partial charge in [0.1, 0.15) is 12.4 Å². The van der Waals surface area contributed by atoms with E-state index in [2.05, 4.69) is 5.32 Å². The minimum atomic E-state index is -4.94. The summed E-state index contributed by atoms with van der Waals surface area (Å²) in [6.45, 7) is 3.06. The van der Waals surface area contributed by atoms with Gasteiger partial charge in [-0.3, -0.25) is 0 Å². The molecule has 2 atom stereocenters. The largest absolute Gasteiger partial charge is 0.508 e. The molecule has 2 aromatic carbocycles. The third-order valence-electron chi connectivity index (χ3n) is 5.79. The quantitative estimate of drug-likeness (QED) is 0.651. The maximum Gasteiger partial charge on any atom is 0.419 e. The van der Waals surface area contributed by atoms with Crippen LogP contribution in [-0.4, -0.2) is 28.0 Å². The topological polar surface area (TPSA) is 78.8 Å². The summed E-state index contributed by atoms with van der Waals surface area (Å²) in [6, 6.07) is 7.37. The Balaban J connectivity index is 1.90. The Morgan fingerprint density at radius 2 is 1.86 bits per heavy atom. The van der Waals surface area contributed by atoms with Crippen LogP contribution >= 0.6 is 0 Å². The highest BCUT2D eigenvalue weighted by atomic mass is 19.4. The zero-order valence-electron chi connectivity index (χ0n) is 15.8. The van der Waals surface area contributed by atoms with Gasteiger partial charge in [0.25, 0.3) is 0 Å². The highest BCUT2D eigenvalue weighted by Crippen LogP contribution is 2.56. The van der Waals surface area contributed by atoms with Gasteiger partial charge in [-0.15, -0.1) is 0 Å². The van der Waals surface area contributed by atoms with Gasteiger partial charge in [-0.05, 0) is 35.6 Å². The highest BCUT2D eigenvalue weighted by molar-refractivity contribution is 5.95. The smallest absolute Gasteiger partial charge is 0.419 e. The van der Waals surface area contributed by atoms with E-state index in [1.807, 2.05) is 0 Å². The lowest BCUT2D eigenvalue weighted by molar-refractivity contribution is -0.276. The first-order valence-corrected chi connectivity index (χ1v) is 9.13. The summed E-state index contributed by atoms with van der Waals surface area (Å²) in [5.41, 5.74) is -2.72. The number of fused-ring (bicyclic) bond motifs is 2. The first-order valence-electron chi connectivity index (χ1n) is 9.13. The number of hydrogen-bond donors (Lipinski definition) is 3. The molecule has 0 saturated heterocycles. The molecular weight excluding hydrogens is 387 g/mol. The van der Waals surface area contributed by atoms with Crippen LogP contribution < -0.4 is 5.32 Å². The summed E-state index contributed by atoms with van der Waals surface area (Å²) in [7, 11) is 0. The van der Waals surface area contributed by atoms with Gasteiger partial charge in [0.15, 0.2) is 5.60 Å². The molecule has 2 aromatic rings. The summed E-state index contributed by atoms with van der Waals surface area (Å²) >= 11 is 0. The number of anilines is 1. The molecule has 2 aliphatic rings. The Morgan fingerprint density at radius 1 is 1.17 bits per heavy atom. The number of benzene rings is 2. The van der Waals surface area contributed by atoms with Crippen molar-refractivity contribution in [3.63, 3.8) is 0 Å². The number of carbonyl (C=O) groups is 1. The number of ether oxygens (including phenoxy) is 1. The lowest BCUT2D eigenvalue weighted by atomic mass is 9.63. The van der Waals surface area contributed by atoms with Crippen LogP contribution in [0.25, 0.3) is 0 Å². The van der Waals surface area contributed by atoms with Crippen LogP contribution in [-0.2, 0) is 16.8 Å². The van der Waals surface area contributed by atoms with Crippen molar-refractivity contribution in [1.82, 2.24) is 0 Å². The third-order valence-corrected chi connectivity index (χ3v) is 5.79. The van der Waals surface area contributed by atoms with E-state index in [1.165, 1.54) is 30.3 Å². The van der Waals surface area contributed by atoms with Gasteiger partial charge in [-0.25, -0.2) is 4.79 Å². The molecule has 5 nitrogen and oxygen atoms in total. The molecule has 154 valence electrons. The van der Waals surface area contributed by atoms with E-state index in [-0.39, 0.29) is 29.2 Å². The number of phenols is 1. The molecule has 0 bridgehead atoms. The van der Waals surface area contributed by atoms with Crippen LogP contribution in [0.1, 0.15) is 53.4 Å². The second-order valence-corrected chi connectivity index (χ2v) is 8.21. The molecule has 0 radical (unpaired) electrons. The van der Waals surface area contributed by atoms with Gasteiger partial charge in [0.05, 0.1) is 11.6 Å². The fourth-order valence-corrected chi connectivity index (χ4v) is 4.56. The summed E-state index contributed by atoms with van der Waals surface area (Å²) in [5, 5.41) is 24.1. The van der Waals surface area contributed by atoms with Crippen LogP contribution in [0.5, 0.6) is 5.75 Å². The molecule has 3 N–H and O–H groups in total. The van der Waals surface area contributed by atoms with E-state index < -0.39 is 35.6 Å². The monoisotopic (exact) mass is 407 g/mol. The minimum absolute atomic E-state index is 0.0626. The third kappa shape index (κ3) is 2.85. The number of carbonyl (C=O) groups excluding carboxylic acids is 1. The van der Waals surface area contributed by atoms with Crippen molar-refractivity contribution in [2.24, 2.45) is 0 Å². The van der Waals surface area contributed by atoms with Crippen molar-refractivity contribution in [1.29, 1.82) is 0 Å². The summed E-state index contributed by atoms with van der Waals surface area (Å²) in [6.07, 6.45) is -5.58. The molecule has 0 saturated carbocycles. The molecule has 1 aliphatic heterocycles. The second-order valence-electron chi connectivity index (χ2n) is 8.21. The SMILES string of the molecule is CC1(C)CC(O)(C(F)(F)F)C(Nc2cccc3c2COC3=O)c2cccc(O)c21. The number of rotatable bonds is 2. The van der Waals surface area contributed by atoms with Crippen molar-refractivity contribution in [3.05, 3.63) is 58.7 Å². The second kappa shape index (κ2) is 6.13. The predicted octanol–water partition coefficient (Wildman–Crippen LogP) is 4.19. The number of aliphatic hydroxyl groups is 1. The molecule has 4 rings (SSSR count). The Bertz CT molecular complexity index is 1000. The van der Waals surface area contributed by atoms with Crippen LogP contribution in [0.2, 0.25) is 0 Å². The number of aromatic hydroxyl groups is 1. The average Bonchev–Trinajstić information content (AvgIpc) is 2.99. The molecular formula is C21H20F3NO4. The molecule has 29 heavy (non-hydrogen) atoms. The number of alkyl halides is 3. The average molecular weight is 407 g/mol. The number of esters is 1. The summed E-state index contributed by atoms with van der Waals surface area (Å²) < 4.78 is 47.4. The zero-order chi connectivity index (χ0) is 21.2. The number of nitrogens with one attached hydrogen (secondary N) is 1. The van der Waals surface area contributed by atoms with E-state index >= 15 is 0 Å². The fraction of sp³-hybridized carbons (Fsp3) is 0.381. The molecule has 0 spiro atoms. The normalized spacial score (nSPS) is 25.2. The molecule has 2 unspecified atom stereocenters. The van der Waals surface area contributed by atoms with E-state index in [4.69, 9.17) is 4.74 Å². The van der Waals surface area contributed by atoms with E-state index in [9.17, 15) is 28.2 Å². The Morgan fingerprint density at radius 3 is 2.55 bits per heavy atom. The first kappa shape index (κ1) is 19.6. The minimum Gasteiger partial charge on any atom is -0.508 e. The number of hydrogen-bond acceptors (Lipinski definition) is 5. The van der Waals surface area contributed by atoms with E-state index in [0.717, 1.165) is 0 Å². The van der Waals surface area contributed by atoms with E-state index in [0.29, 0.717) is 11.1 Å². The Hall–Kier alpha value is -2.74. The van der Waals surface area contributed by atoms with Crippen molar-refractivity contribution >= 4 is 11.7 Å². The molecule has 1 heterocycles. The Labute approximate surface area is 165 Å². The fourth-order valence-electron chi connectivity index (χ4n) is 4.56. The first-order chi connectivity index (χ1) is 13.5. The van der Waals surface area contributed by atoms with Gasteiger partial charge >= 0.3 is 12.1 Å². The summed E-state index contributed by atoms with van der Waals surface area (Å²) in [5.74, 6) is -0.669. The van der Waals surface area contributed by atoms with Crippen molar-refractivity contribution in [2.75, 3.05) is 5.32 Å². The van der Waals surface area contributed by atoms with Gasteiger partial charge in [0, 0.05) is 16.8 Å². The molecule has 0 amide bonds. The van der Waals surface area contributed by atoms with Crippen LogP contribution in [0.3, 0.4) is 0 Å². The summed E-state index contributed by atoms with van der Waals surface area (Å²) in [4.78, 5) is 11.8. The Kier molecular flexibility index (Phi) is 4.13. The van der Waals surface area contributed by atoms with Crippen molar-refractivity contribution in [3.8, 4) is 5.75 Å². The number of cyclic esters (lactones) is 1. The van der Waals surface area contributed by atoms with Gasteiger partial charge < -0.3 is 20.3 Å². The maximum atomic E-state index is 14.1. The van der Waals surface area contributed by atoms with Crippen molar-refractivity contribution < 1.29 is 32.9 Å². The lowest BCUT2D eigenvalue weighted by Gasteiger charge is -2.49. The van der Waals surface area contributed by atoms with Gasteiger partial charge in [-0.1, -0.05) is 32.0 Å². The van der Waals surface area contributed by atoms with Crippen molar-refractivity contribution in [2.45, 2.75) is 50.1 Å². The zero-order valence-corrected chi connectivity index (χ0v) is 15.8. The molecule has 0 fully saturated rings. The maximum absolute atomic E-state index is 14.1. The molecule has 1 aliphatic carbocycles. The van der Waals surface area contributed by atoms with Crippen LogP contribution in [0.4, 0.5) is 18.9 Å². The van der Waals surface area contributed by atoms with Crippen LogP contribution in [0.15, 0.2) is 36.4 Å². The predicted molar refractivity (Wildman–Crippen MR) is 98.7 cm³/mol. The van der Waals surface area contributed by atoms with E-state index in [1.54, 1.807) is 19.9 Å². The number of halogens is 3. The molecule has 0 aromatic heterocycles. The standard InChI is InChI=1S/C21H20F3NO4/c1-19(2)10-20(28,21(22,23)24)17(12-6-4-8-15(26)16(12)19)25-14-7-3-5-11-13(14)9-29-18(11)27/h3-8,17,25-26,28H,9-10H2,1-2H3. The lowest BCUT2D eigenvalue weighted by Crippen LogP contribution is -2.58. The van der Waals surface area contributed by atoms with Gasteiger partial charge in [0.2, 0.25) is 0 Å². The number of phenolic OH excluding ortho intramolecular Hbond substituents is 1. The highest BCUT2D eigenvalue weighted by Gasteiger charge is 2.64. The molecule has 8 heteroatoms. The van der Waals surface area contributed by atoms with Gasteiger partial charge in [-0.2, -0.15) is 13.2 Å².